The normalized spacial score (nSPS) is 21.0. The van der Waals surface area contributed by atoms with Gasteiger partial charge in [-0.3, -0.25) is 4.79 Å². The van der Waals surface area contributed by atoms with E-state index in [4.69, 9.17) is 21.1 Å². The molecule has 2 aliphatic heterocycles. The SMILES string of the molecule is Cc1nn(-c2ccc(C(=O)N3CCCCC3C3OCCO3)cc2)c(C)c1Cl. The molecule has 1 aromatic carbocycles. The summed E-state index contributed by atoms with van der Waals surface area (Å²) in [6.07, 6.45) is 2.72. The lowest BCUT2D eigenvalue weighted by Gasteiger charge is -2.38. The Labute approximate surface area is 164 Å². The van der Waals surface area contributed by atoms with Gasteiger partial charge in [-0.1, -0.05) is 11.6 Å². The van der Waals surface area contributed by atoms with E-state index in [1.54, 1.807) is 4.68 Å². The summed E-state index contributed by atoms with van der Waals surface area (Å²) in [5, 5.41) is 5.13. The summed E-state index contributed by atoms with van der Waals surface area (Å²) >= 11 is 6.24. The molecule has 0 radical (unpaired) electrons. The van der Waals surface area contributed by atoms with Crippen LogP contribution in [0.3, 0.4) is 0 Å². The van der Waals surface area contributed by atoms with Gasteiger partial charge in [-0.15, -0.1) is 0 Å². The van der Waals surface area contributed by atoms with Crippen LogP contribution in [0.5, 0.6) is 0 Å². The van der Waals surface area contributed by atoms with Crippen molar-refractivity contribution in [2.24, 2.45) is 0 Å². The first-order valence-corrected chi connectivity index (χ1v) is 9.80. The third-order valence-corrected chi connectivity index (χ3v) is 5.88. The fourth-order valence-electron chi connectivity index (χ4n) is 3.88. The minimum absolute atomic E-state index is 0.0109. The third-order valence-electron chi connectivity index (χ3n) is 5.33. The molecule has 2 aromatic rings. The molecule has 0 saturated carbocycles. The molecular weight excluding hydrogens is 366 g/mol. The second-order valence-electron chi connectivity index (χ2n) is 7.12. The van der Waals surface area contributed by atoms with Crippen molar-refractivity contribution in [2.75, 3.05) is 19.8 Å². The highest BCUT2D eigenvalue weighted by atomic mass is 35.5. The largest absolute Gasteiger partial charge is 0.348 e. The van der Waals surface area contributed by atoms with Crippen LogP contribution in [0.25, 0.3) is 5.69 Å². The highest BCUT2D eigenvalue weighted by Crippen LogP contribution is 2.27. The van der Waals surface area contributed by atoms with Crippen LogP contribution in [0.1, 0.15) is 41.0 Å². The van der Waals surface area contributed by atoms with E-state index in [2.05, 4.69) is 5.10 Å². The number of aryl methyl sites for hydroxylation is 1. The molecule has 0 N–H and O–H groups in total. The van der Waals surface area contributed by atoms with E-state index in [0.29, 0.717) is 23.8 Å². The fourth-order valence-corrected chi connectivity index (χ4v) is 4.00. The second kappa shape index (κ2) is 7.62. The topological polar surface area (TPSA) is 56.6 Å². The van der Waals surface area contributed by atoms with Crippen LogP contribution in [0.2, 0.25) is 5.02 Å². The van der Waals surface area contributed by atoms with Crippen molar-refractivity contribution in [2.45, 2.75) is 45.4 Å². The summed E-state index contributed by atoms with van der Waals surface area (Å²) in [7, 11) is 0. The Morgan fingerprint density at radius 1 is 1.15 bits per heavy atom. The van der Waals surface area contributed by atoms with Crippen molar-refractivity contribution >= 4 is 17.5 Å². The van der Waals surface area contributed by atoms with Crippen molar-refractivity contribution < 1.29 is 14.3 Å². The summed E-state index contributed by atoms with van der Waals surface area (Å²) in [5.74, 6) is 0.0248. The van der Waals surface area contributed by atoms with Crippen LogP contribution in [0.4, 0.5) is 0 Å². The molecule has 0 aliphatic carbocycles. The van der Waals surface area contributed by atoms with Crippen molar-refractivity contribution in [3.8, 4) is 5.69 Å². The third kappa shape index (κ3) is 3.49. The van der Waals surface area contributed by atoms with E-state index in [1.807, 2.05) is 43.0 Å². The number of nitrogens with zero attached hydrogens (tertiary/aromatic N) is 3. The number of likely N-dealkylation sites (tertiary alicyclic amines) is 1. The van der Waals surface area contributed by atoms with Crippen LogP contribution in [0, 0.1) is 13.8 Å². The Bertz CT molecular complexity index is 828. The summed E-state index contributed by atoms with van der Waals surface area (Å²) in [6.45, 7) is 5.75. The van der Waals surface area contributed by atoms with Gasteiger partial charge in [-0.2, -0.15) is 5.10 Å². The lowest BCUT2D eigenvalue weighted by atomic mass is 10.00. The Kier molecular flexibility index (Phi) is 5.21. The first-order valence-electron chi connectivity index (χ1n) is 9.42. The number of piperidine rings is 1. The van der Waals surface area contributed by atoms with Crippen molar-refractivity contribution in [1.29, 1.82) is 0 Å². The Hall–Kier alpha value is -1.89. The Morgan fingerprint density at radius 3 is 2.48 bits per heavy atom. The lowest BCUT2D eigenvalue weighted by Crippen LogP contribution is -2.50. The summed E-state index contributed by atoms with van der Waals surface area (Å²) in [4.78, 5) is 15.0. The Balaban J connectivity index is 1.55. The predicted molar refractivity (Wildman–Crippen MR) is 102 cm³/mol. The molecule has 7 heteroatoms. The number of ether oxygens (including phenoxy) is 2. The molecule has 2 saturated heterocycles. The number of carbonyl (C=O) groups excluding carboxylic acids is 1. The van der Waals surface area contributed by atoms with Crippen LogP contribution in [-0.2, 0) is 9.47 Å². The summed E-state index contributed by atoms with van der Waals surface area (Å²) < 4.78 is 13.1. The quantitative estimate of drug-likeness (QED) is 0.806. The van der Waals surface area contributed by atoms with Crippen LogP contribution >= 0.6 is 11.6 Å². The molecule has 1 atom stereocenters. The van der Waals surface area contributed by atoms with Gasteiger partial charge in [0.05, 0.1) is 41.4 Å². The number of benzene rings is 1. The highest BCUT2D eigenvalue weighted by Gasteiger charge is 2.36. The standard InChI is InChI=1S/C20H24ClN3O3/c1-13-18(21)14(2)24(22-13)16-8-6-15(7-9-16)19(25)23-10-4-3-5-17(23)20-26-11-12-27-20/h6-9,17,20H,3-5,10-12H2,1-2H3. The van der Waals surface area contributed by atoms with Gasteiger partial charge >= 0.3 is 0 Å². The van der Waals surface area contributed by atoms with Crippen LogP contribution in [0.15, 0.2) is 24.3 Å². The maximum absolute atomic E-state index is 13.1. The highest BCUT2D eigenvalue weighted by molar-refractivity contribution is 6.31. The molecule has 2 aliphatic rings. The Morgan fingerprint density at radius 2 is 1.85 bits per heavy atom. The zero-order valence-corrected chi connectivity index (χ0v) is 16.4. The molecule has 1 amide bonds. The fraction of sp³-hybridized carbons (Fsp3) is 0.500. The molecule has 1 aromatic heterocycles. The molecule has 144 valence electrons. The molecular formula is C20H24ClN3O3. The molecule has 27 heavy (non-hydrogen) atoms. The van der Waals surface area contributed by atoms with E-state index in [1.165, 1.54) is 0 Å². The van der Waals surface area contributed by atoms with Crippen molar-refractivity contribution in [3.05, 3.63) is 46.2 Å². The number of aromatic nitrogens is 2. The van der Waals surface area contributed by atoms with Gasteiger partial charge < -0.3 is 14.4 Å². The van der Waals surface area contributed by atoms with Gasteiger partial charge in [0.25, 0.3) is 5.91 Å². The maximum Gasteiger partial charge on any atom is 0.254 e. The van der Waals surface area contributed by atoms with E-state index < -0.39 is 0 Å². The molecule has 6 nitrogen and oxygen atoms in total. The minimum atomic E-state index is -0.301. The molecule has 2 fully saturated rings. The van der Waals surface area contributed by atoms with Gasteiger partial charge in [0, 0.05) is 12.1 Å². The second-order valence-corrected chi connectivity index (χ2v) is 7.49. The average molecular weight is 390 g/mol. The first kappa shape index (κ1) is 18.5. The van der Waals surface area contributed by atoms with Crippen LogP contribution < -0.4 is 0 Å². The monoisotopic (exact) mass is 389 g/mol. The van der Waals surface area contributed by atoms with E-state index in [-0.39, 0.29) is 18.2 Å². The van der Waals surface area contributed by atoms with Gasteiger partial charge in [0.2, 0.25) is 0 Å². The minimum Gasteiger partial charge on any atom is -0.348 e. The van der Waals surface area contributed by atoms with Gasteiger partial charge in [-0.05, 0) is 57.4 Å². The van der Waals surface area contributed by atoms with Crippen molar-refractivity contribution in [1.82, 2.24) is 14.7 Å². The van der Waals surface area contributed by atoms with E-state index in [9.17, 15) is 4.79 Å². The number of carbonyl (C=O) groups is 1. The van der Waals surface area contributed by atoms with E-state index in [0.717, 1.165) is 42.9 Å². The van der Waals surface area contributed by atoms with E-state index >= 15 is 0 Å². The summed E-state index contributed by atoms with van der Waals surface area (Å²) in [5.41, 5.74) is 3.23. The van der Waals surface area contributed by atoms with Gasteiger partial charge in [0.1, 0.15) is 0 Å². The molecule has 0 spiro atoms. The molecule has 1 unspecified atom stereocenters. The molecule has 4 rings (SSSR count). The van der Waals surface area contributed by atoms with Crippen molar-refractivity contribution in [3.63, 3.8) is 0 Å². The first-order chi connectivity index (χ1) is 13.1. The number of hydrogen-bond donors (Lipinski definition) is 0. The number of amides is 1. The lowest BCUT2D eigenvalue weighted by molar-refractivity contribution is -0.100. The predicted octanol–water partition coefficient (Wildman–Crippen LogP) is 3.51. The number of halogens is 1. The van der Waals surface area contributed by atoms with Gasteiger partial charge in [-0.25, -0.2) is 4.68 Å². The molecule has 0 bridgehead atoms. The number of hydrogen-bond acceptors (Lipinski definition) is 4. The zero-order valence-electron chi connectivity index (χ0n) is 15.7. The van der Waals surface area contributed by atoms with Gasteiger partial charge in [0.15, 0.2) is 6.29 Å². The summed E-state index contributed by atoms with van der Waals surface area (Å²) in [6, 6.07) is 7.51. The van der Waals surface area contributed by atoms with Crippen LogP contribution in [-0.4, -0.2) is 52.7 Å². The molecule has 3 heterocycles. The zero-order chi connectivity index (χ0) is 19.0. The maximum atomic E-state index is 13.1. The smallest absolute Gasteiger partial charge is 0.254 e. The number of rotatable bonds is 3. The average Bonchev–Trinajstić information content (AvgIpc) is 3.32.